The second kappa shape index (κ2) is 6.09. The third kappa shape index (κ3) is 2.88. The van der Waals surface area contributed by atoms with Gasteiger partial charge in [0.25, 0.3) is 0 Å². The molecule has 0 bridgehead atoms. The summed E-state index contributed by atoms with van der Waals surface area (Å²) in [6.45, 7) is 6.07. The summed E-state index contributed by atoms with van der Waals surface area (Å²) in [5.74, 6) is -0.317. The van der Waals surface area contributed by atoms with E-state index in [-0.39, 0.29) is 5.97 Å². The summed E-state index contributed by atoms with van der Waals surface area (Å²) < 4.78 is 4.99. The van der Waals surface area contributed by atoms with E-state index in [4.69, 9.17) is 10.00 Å². The number of hydrogen-bond acceptors (Lipinski definition) is 3. The normalized spacial score (nSPS) is 10.0. The third-order valence-electron chi connectivity index (χ3n) is 2.79. The lowest BCUT2D eigenvalue weighted by Crippen LogP contribution is -2.06. The van der Waals surface area contributed by atoms with Crippen molar-refractivity contribution in [1.82, 2.24) is 4.98 Å². The van der Waals surface area contributed by atoms with Crippen LogP contribution in [0.5, 0.6) is 0 Å². The number of hydrogen-bond donors (Lipinski definition) is 1. The first kappa shape index (κ1) is 13.3. The van der Waals surface area contributed by atoms with E-state index in [1.165, 1.54) is 0 Å². The molecule has 0 saturated carbocycles. The number of aryl methyl sites for hydroxylation is 1. The lowest BCUT2D eigenvalue weighted by molar-refractivity contribution is 0.0519. The second-order valence-corrected chi connectivity index (χ2v) is 3.81. The van der Waals surface area contributed by atoms with Crippen LogP contribution in [0.25, 0.3) is 0 Å². The van der Waals surface area contributed by atoms with Crippen molar-refractivity contribution in [1.29, 1.82) is 5.26 Å². The Balaban J connectivity index is 3.05. The van der Waals surface area contributed by atoms with E-state index in [1.807, 2.05) is 13.8 Å². The summed E-state index contributed by atoms with van der Waals surface area (Å²) in [6, 6.07) is 2.13. The molecule has 1 rings (SSSR count). The molecule has 4 heteroatoms. The zero-order valence-electron chi connectivity index (χ0n) is 10.6. The molecule has 1 aromatic rings. The van der Waals surface area contributed by atoms with Crippen molar-refractivity contribution in [3.05, 3.63) is 22.5 Å². The summed E-state index contributed by atoms with van der Waals surface area (Å²) in [7, 11) is 0. The highest BCUT2D eigenvalue weighted by molar-refractivity contribution is 5.89. The van der Waals surface area contributed by atoms with Gasteiger partial charge in [-0.2, -0.15) is 5.26 Å². The number of nitrogens with one attached hydrogen (secondary N) is 1. The molecular formula is C13H18N2O2. The number of nitrogens with zero attached hydrogens (tertiary/aromatic N) is 1. The zero-order chi connectivity index (χ0) is 12.8. The van der Waals surface area contributed by atoms with E-state index in [1.54, 1.807) is 6.92 Å². The van der Waals surface area contributed by atoms with Crippen molar-refractivity contribution in [2.75, 3.05) is 6.61 Å². The van der Waals surface area contributed by atoms with Gasteiger partial charge in [0.2, 0.25) is 0 Å². The Kier molecular flexibility index (Phi) is 4.77. The molecule has 0 fully saturated rings. The first-order valence-corrected chi connectivity index (χ1v) is 5.90. The lowest BCUT2D eigenvalue weighted by Gasteiger charge is -2.01. The van der Waals surface area contributed by atoms with Gasteiger partial charge in [0.15, 0.2) is 0 Å². The molecule has 17 heavy (non-hydrogen) atoms. The Labute approximate surface area is 102 Å². The highest BCUT2D eigenvalue weighted by atomic mass is 16.5. The molecule has 0 unspecified atom stereocenters. The highest BCUT2D eigenvalue weighted by Gasteiger charge is 2.18. The molecule has 0 saturated heterocycles. The molecule has 0 amide bonds. The molecule has 0 aliphatic rings. The maximum Gasteiger partial charge on any atom is 0.355 e. The molecular weight excluding hydrogens is 216 g/mol. The van der Waals surface area contributed by atoms with Crippen molar-refractivity contribution >= 4 is 5.97 Å². The SMILES string of the molecule is CCOC(=O)c1[nH]c(CC)c(CCC#N)c1C. The molecule has 0 spiro atoms. The molecule has 1 heterocycles. The summed E-state index contributed by atoms with van der Waals surface area (Å²) in [5.41, 5.74) is 3.55. The maximum atomic E-state index is 11.7. The highest BCUT2D eigenvalue weighted by Crippen LogP contribution is 2.21. The number of ether oxygens (including phenoxy) is 1. The van der Waals surface area contributed by atoms with Gasteiger partial charge >= 0.3 is 5.97 Å². The molecule has 4 nitrogen and oxygen atoms in total. The van der Waals surface area contributed by atoms with Crippen LogP contribution in [0.4, 0.5) is 0 Å². The van der Waals surface area contributed by atoms with Gasteiger partial charge in [-0.1, -0.05) is 6.92 Å². The first-order chi connectivity index (χ1) is 8.15. The fourth-order valence-electron chi connectivity index (χ4n) is 1.93. The van der Waals surface area contributed by atoms with Gasteiger partial charge in [0.1, 0.15) is 5.69 Å². The minimum absolute atomic E-state index is 0.317. The van der Waals surface area contributed by atoms with Gasteiger partial charge in [-0.15, -0.1) is 0 Å². The average Bonchev–Trinajstić information content (AvgIpc) is 2.64. The van der Waals surface area contributed by atoms with E-state index in [0.29, 0.717) is 25.1 Å². The monoisotopic (exact) mass is 234 g/mol. The van der Waals surface area contributed by atoms with Crippen LogP contribution in [0.15, 0.2) is 0 Å². The Morgan fingerprint density at radius 2 is 2.18 bits per heavy atom. The van der Waals surface area contributed by atoms with Gasteiger partial charge in [0.05, 0.1) is 12.7 Å². The number of aromatic nitrogens is 1. The molecule has 0 aromatic carbocycles. The maximum absolute atomic E-state index is 11.7. The van der Waals surface area contributed by atoms with E-state index in [0.717, 1.165) is 23.2 Å². The Morgan fingerprint density at radius 3 is 2.71 bits per heavy atom. The summed E-state index contributed by atoms with van der Waals surface area (Å²) >= 11 is 0. The number of nitriles is 1. The predicted octanol–water partition coefficient (Wildman–Crippen LogP) is 2.52. The fourth-order valence-corrected chi connectivity index (χ4v) is 1.93. The predicted molar refractivity (Wildman–Crippen MR) is 64.8 cm³/mol. The van der Waals surface area contributed by atoms with Crippen molar-refractivity contribution in [3.8, 4) is 6.07 Å². The Bertz CT molecular complexity index is 441. The van der Waals surface area contributed by atoms with Crippen molar-refractivity contribution in [2.45, 2.75) is 40.0 Å². The first-order valence-electron chi connectivity index (χ1n) is 5.90. The standard InChI is InChI=1S/C13H18N2O2/c1-4-11-10(7-6-8-14)9(3)12(15-11)13(16)17-5-2/h15H,4-7H2,1-3H3. The number of carbonyl (C=O) groups is 1. The number of esters is 1. The van der Waals surface area contributed by atoms with Crippen LogP contribution in [0, 0.1) is 18.3 Å². The smallest absolute Gasteiger partial charge is 0.355 e. The van der Waals surface area contributed by atoms with Gasteiger partial charge in [-0.3, -0.25) is 0 Å². The summed E-state index contributed by atoms with van der Waals surface area (Å²) in [5, 5.41) is 8.63. The molecule has 0 aliphatic carbocycles. The van der Waals surface area contributed by atoms with Gasteiger partial charge in [0, 0.05) is 12.1 Å². The Morgan fingerprint density at radius 1 is 1.47 bits per heavy atom. The summed E-state index contributed by atoms with van der Waals surface area (Å²) in [6.07, 6.45) is 1.97. The van der Waals surface area contributed by atoms with Crippen molar-refractivity contribution in [3.63, 3.8) is 0 Å². The van der Waals surface area contributed by atoms with Crippen LogP contribution in [0.2, 0.25) is 0 Å². The summed E-state index contributed by atoms with van der Waals surface area (Å²) in [4.78, 5) is 14.8. The second-order valence-electron chi connectivity index (χ2n) is 3.81. The molecule has 1 aromatic heterocycles. The van der Waals surface area contributed by atoms with Gasteiger partial charge < -0.3 is 9.72 Å². The van der Waals surface area contributed by atoms with E-state index >= 15 is 0 Å². The largest absolute Gasteiger partial charge is 0.461 e. The van der Waals surface area contributed by atoms with E-state index < -0.39 is 0 Å². The minimum atomic E-state index is -0.317. The van der Waals surface area contributed by atoms with E-state index in [2.05, 4.69) is 11.1 Å². The molecule has 0 radical (unpaired) electrons. The minimum Gasteiger partial charge on any atom is -0.461 e. The van der Waals surface area contributed by atoms with E-state index in [9.17, 15) is 4.79 Å². The fraction of sp³-hybridized carbons (Fsp3) is 0.538. The van der Waals surface area contributed by atoms with Crippen LogP contribution < -0.4 is 0 Å². The van der Waals surface area contributed by atoms with Crippen molar-refractivity contribution in [2.24, 2.45) is 0 Å². The Hall–Kier alpha value is -1.76. The van der Waals surface area contributed by atoms with Crippen LogP contribution in [0.1, 0.15) is 47.6 Å². The third-order valence-corrected chi connectivity index (χ3v) is 2.79. The number of rotatable bonds is 5. The number of H-pyrrole nitrogens is 1. The van der Waals surface area contributed by atoms with Gasteiger partial charge in [-0.25, -0.2) is 4.79 Å². The quantitative estimate of drug-likeness (QED) is 0.796. The van der Waals surface area contributed by atoms with Crippen LogP contribution in [-0.2, 0) is 17.6 Å². The average molecular weight is 234 g/mol. The molecule has 0 aliphatic heterocycles. The molecule has 0 atom stereocenters. The van der Waals surface area contributed by atoms with Crippen molar-refractivity contribution < 1.29 is 9.53 Å². The number of carbonyl (C=O) groups excluding carboxylic acids is 1. The van der Waals surface area contributed by atoms with Crippen LogP contribution in [0.3, 0.4) is 0 Å². The van der Waals surface area contributed by atoms with Crippen LogP contribution in [-0.4, -0.2) is 17.6 Å². The lowest BCUT2D eigenvalue weighted by atomic mass is 10.0. The molecule has 1 N–H and O–H groups in total. The molecule has 92 valence electrons. The topological polar surface area (TPSA) is 65.9 Å². The number of aromatic amines is 1. The van der Waals surface area contributed by atoms with Crippen LogP contribution >= 0.6 is 0 Å². The van der Waals surface area contributed by atoms with Gasteiger partial charge in [-0.05, 0) is 37.8 Å². The zero-order valence-corrected chi connectivity index (χ0v) is 10.6.